The predicted molar refractivity (Wildman–Crippen MR) is 54.6 cm³/mol. The first kappa shape index (κ1) is 8.78. The van der Waals surface area contributed by atoms with E-state index in [0.29, 0.717) is 0 Å². The molecule has 0 unspecified atom stereocenters. The van der Waals surface area contributed by atoms with Gasteiger partial charge in [0.25, 0.3) is 0 Å². The average Bonchev–Trinajstić information content (AvgIpc) is 2.08. The SMILES string of the molecule is CC=Nc1ccc(C)cc1NC. The molecule has 0 saturated carbocycles. The van der Waals surface area contributed by atoms with Crippen molar-refractivity contribution >= 4 is 17.6 Å². The Morgan fingerprint density at radius 1 is 1.42 bits per heavy atom. The Kier molecular flexibility index (Phi) is 2.86. The molecule has 0 saturated heterocycles. The summed E-state index contributed by atoms with van der Waals surface area (Å²) in [4.78, 5) is 4.23. The number of rotatable bonds is 2. The Morgan fingerprint density at radius 3 is 2.75 bits per heavy atom. The van der Waals surface area contributed by atoms with E-state index in [9.17, 15) is 0 Å². The van der Waals surface area contributed by atoms with Crippen LogP contribution >= 0.6 is 0 Å². The highest BCUT2D eigenvalue weighted by atomic mass is 14.9. The van der Waals surface area contributed by atoms with E-state index in [1.54, 1.807) is 6.21 Å². The Labute approximate surface area is 73.3 Å². The van der Waals surface area contributed by atoms with Crippen LogP contribution in [0.1, 0.15) is 12.5 Å². The highest BCUT2D eigenvalue weighted by Crippen LogP contribution is 2.24. The van der Waals surface area contributed by atoms with Crippen molar-refractivity contribution in [1.82, 2.24) is 0 Å². The van der Waals surface area contributed by atoms with Gasteiger partial charge in [0, 0.05) is 13.3 Å². The third-order valence-corrected chi connectivity index (χ3v) is 1.69. The summed E-state index contributed by atoms with van der Waals surface area (Å²) >= 11 is 0. The van der Waals surface area contributed by atoms with Crippen LogP contribution in [0.2, 0.25) is 0 Å². The summed E-state index contributed by atoms with van der Waals surface area (Å²) in [5.41, 5.74) is 3.31. The van der Waals surface area contributed by atoms with Gasteiger partial charge in [0.2, 0.25) is 0 Å². The molecule has 0 aliphatic rings. The smallest absolute Gasteiger partial charge is 0.0856 e. The zero-order valence-electron chi connectivity index (χ0n) is 7.76. The summed E-state index contributed by atoms with van der Waals surface area (Å²) in [5.74, 6) is 0. The van der Waals surface area contributed by atoms with Crippen molar-refractivity contribution in [2.75, 3.05) is 12.4 Å². The minimum Gasteiger partial charge on any atom is -0.386 e. The van der Waals surface area contributed by atoms with Gasteiger partial charge in [-0.3, -0.25) is 4.99 Å². The maximum absolute atomic E-state index is 4.23. The van der Waals surface area contributed by atoms with Crippen LogP contribution < -0.4 is 5.32 Å². The van der Waals surface area contributed by atoms with Gasteiger partial charge < -0.3 is 5.32 Å². The van der Waals surface area contributed by atoms with Gasteiger partial charge in [0.1, 0.15) is 0 Å². The topological polar surface area (TPSA) is 24.4 Å². The molecular weight excluding hydrogens is 148 g/mol. The van der Waals surface area contributed by atoms with Crippen LogP contribution in [-0.2, 0) is 0 Å². The van der Waals surface area contributed by atoms with Crippen LogP contribution in [0.4, 0.5) is 11.4 Å². The number of benzene rings is 1. The molecule has 2 nitrogen and oxygen atoms in total. The second-order valence-corrected chi connectivity index (χ2v) is 2.66. The van der Waals surface area contributed by atoms with Crippen LogP contribution in [0.15, 0.2) is 23.2 Å². The summed E-state index contributed by atoms with van der Waals surface area (Å²) in [7, 11) is 1.91. The van der Waals surface area contributed by atoms with E-state index in [1.807, 2.05) is 20.0 Å². The largest absolute Gasteiger partial charge is 0.386 e. The average molecular weight is 162 g/mol. The van der Waals surface area contributed by atoms with Gasteiger partial charge in [-0.1, -0.05) is 6.07 Å². The van der Waals surface area contributed by atoms with Crippen LogP contribution in [0.25, 0.3) is 0 Å². The van der Waals surface area contributed by atoms with Gasteiger partial charge in [-0.05, 0) is 31.5 Å². The van der Waals surface area contributed by atoms with Crippen molar-refractivity contribution in [2.24, 2.45) is 4.99 Å². The highest BCUT2D eigenvalue weighted by Gasteiger charge is 1.96. The van der Waals surface area contributed by atoms with E-state index in [2.05, 4.69) is 29.4 Å². The molecule has 0 spiro atoms. The van der Waals surface area contributed by atoms with Gasteiger partial charge in [-0.2, -0.15) is 0 Å². The normalized spacial score (nSPS) is 10.6. The molecule has 0 aliphatic carbocycles. The van der Waals surface area contributed by atoms with Crippen LogP contribution in [-0.4, -0.2) is 13.3 Å². The van der Waals surface area contributed by atoms with Crippen LogP contribution in [0.3, 0.4) is 0 Å². The second-order valence-electron chi connectivity index (χ2n) is 2.66. The number of nitrogens with zero attached hydrogens (tertiary/aromatic N) is 1. The summed E-state index contributed by atoms with van der Waals surface area (Å²) in [6.45, 7) is 3.99. The van der Waals surface area contributed by atoms with E-state index in [1.165, 1.54) is 5.56 Å². The number of hydrogen-bond acceptors (Lipinski definition) is 2. The Bertz CT molecular complexity index is 290. The third-order valence-electron chi connectivity index (χ3n) is 1.69. The van der Waals surface area contributed by atoms with E-state index in [4.69, 9.17) is 0 Å². The van der Waals surface area contributed by atoms with Crippen molar-refractivity contribution < 1.29 is 0 Å². The Morgan fingerprint density at radius 2 is 2.17 bits per heavy atom. The molecule has 0 atom stereocenters. The number of nitrogens with one attached hydrogen (secondary N) is 1. The van der Waals surface area contributed by atoms with E-state index in [-0.39, 0.29) is 0 Å². The minimum absolute atomic E-state index is 0.991. The van der Waals surface area contributed by atoms with Crippen molar-refractivity contribution in [3.63, 3.8) is 0 Å². The molecule has 1 aromatic carbocycles. The molecule has 1 N–H and O–H groups in total. The van der Waals surface area contributed by atoms with E-state index in [0.717, 1.165) is 11.4 Å². The minimum atomic E-state index is 0.991. The lowest BCUT2D eigenvalue weighted by molar-refractivity contribution is 1.40. The first-order valence-electron chi connectivity index (χ1n) is 4.05. The van der Waals surface area contributed by atoms with Gasteiger partial charge in [-0.15, -0.1) is 0 Å². The van der Waals surface area contributed by atoms with Gasteiger partial charge in [-0.25, -0.2) is 0 Å². The molecule has 1 aromatic rings. The fourth-order valence-corrected chi connectivity index (χ4v) is 1.10. The van der Waals surface area contributed by atoms with Crippen molar-refractivity contribution in [1.29, 1.82) is 0 Å². The number of aliphatic imine (C=N–C) groups is 1. The monoisotopic (exact) mass is 162 g/mol. The maximum Gasteiger partial charge on any atom is 0.0856 e. The molecule has 0 radical (unpaired) electrons. The summed E-state index contributed by atoms with van der Waals surface area (Å²) in [5, 5.41) is 3.11. The van der Waals surface area contributed by atoms with E-state index >= 15 is 0 Å². The molecule has 0 aromatic heterocycles. The fraction of sp³-hybridized carbons (Fsp3) is 0.300. The fourth-order valence-electron chi connectivity index (χ4n) is 1.10. The molecule has 0 heterocycles. The zero-order chi connectivity index (χ0) is 8.97. The molecule has 0 amide bonds. The molecule has 0 fully saturated rings. The number of hydrogen-bond donors (Lipinski definition) is 1. The summed E-state index contributed by atoms with van der Waals surface area (Å²) in [6, 6.07) is 6.16. The number of anilines is 1. The van der Waals surface area contributed by atoms with Gasteiger partial charge in [0.15, 0.2) is 0 Å². The third kappa shape index (κ3) is 1.84. The highest BCUT2D eigenvalue weighted by molar-refractivity contribution is 5.71. The van der Waals surface area contributed by atoms with Gasteiger partial charge in [0.05, 0.1) is 11.4 Å². The molecule has 2 heteroatoms. The molecule has 0 bridgehead atoms. The maximum atomic E-state index is 4.23. The van der Waals surface area contributed by atoms with E-state index < -0.39 is 0 Å². The molecular formula is C10H14N2. The molecule has 0 aliphatic heterocycles. The Hall–Kier alpha value is -1.31. The summed E-state index contributed by atoms with van der Waals surface area (Å²) < 4.78 is 0. The second kappa shape index (κ2) is 3.90. The lowest BCUT2D eigenvalue weighted by Crippen LogP contribution is -1.88. The summed E-state index contributed by atoms with van der Waals surface area (Å²) in [6.07, 6.45) is 1.80. The zero-order valence-corrected chi connectivity index (χ0v) is 7.76. The lowest BCUT2D eigenvalue weighted by Gasteiger charge is -2.04. The van der Waals surface area contributed by atoms with Crippen LogP contribution in [0, 0.1) is 6.92 Å². The van der Waals surface area contributed by atoms with Crippen molar-refractivity contribution in [3.8, 4) is 0 Å². The predicted octanol–water partition coefficient (Wildman–Crippen LogP) is 2.76. The van der Waals surface area contributed by atoms with Crippen molar-refractivity contribution in [3.05, 3.63) is 23.8 Å². The molecule has 12 heavy (non-hydrogen) atoms. The van der Waals surface area contributed by atoms with Gasteiger partial charge >= 0.3 is 0 Å². The first-order chi connectivity index (χ1) is 5.77. The standard InChI is InChI=1S/C10H14N2/c1-4-12-9-6-5-8(2)7-10(9)11-3/h4-7,11H,1-3H3. The Balaban J connectivity index is 3.10. The lowest BCUT2D eigenvalue weighted by atomic mass is 10.2. The molecule has 64 valence electrons. The van der Waals surface area contributed by atoms with Crippen LogP contribution in [0.5, 0.6) is 0 Å². The number of aryl methyl sites for hydroxylation is 1. The quantitative estimate of drug-likeness (QED) is 0.664. The first-order valence-corrected chi connectivity index (χ1v) is 4.05. The van der Waals surface area contributed by atoms with Crippen molar-refractivity contribution in [2.45, 2.75) is 13.8 Å². The molecule has 1 rings (SSSR count).